The van der Waals surface area contributed by atoms with E-state index in [1.54, 1.807) is 33.8 Å². The van der Waals surface area contributed by atoms with Crippen LogP contribution in [0.4, 0.5) is 5.82 Å². The minimum absolute atomic E-state index is 0.213. The Morgan fingerprint density at radius 1 is 1.17 bits per heavy atom. The molecule has 4 aromatic rings. The molecule has 0 unspecified atom stereocenters. The Morgan fingerprint density at radius 3 is 2.74 bits per heavy atom. The third-order valence-corrected chi connectivity index (χ3v) is 3.70. The molecule has 0 saturated heterocycles. The molecule has 4 rings (SSSR count). The van der Waals surface area contributed by atoms with Crippen molar-refractivity contribution < 1.29 is 0 Å². The monoisotopic (exact) mass is 306 g/mol. The summed E-state index contributed by atoms with van der Waals surface area (Å²) in [5.41, 5.74) is 8.07. The van der Waals surface area contributed by atoms with Crippen LogP contribution in [0, 0.1) is 0 Å². The van der Waals surface area contributed by atoms with Gasteiger partial charge in [-0.15, -0.1) is 0 Å². The van der Waals surface area contributed by atoms with Gasteiger partial charge in [-0.2, -0.15) is 5.10 Å². The zero-order chi connectivity index (χ0) is 15.8. The Morgan fingerprint density at radius 2 is 2.00 bits per heavy atom. The number of imidazole rings is 1. The highest BCUT2D eigenvalue weighted by molar-refractivity contribution is 5.86. The van der Waals surface area contributed by atoms with Crippen molar-refractivity contribution >= 4 is 16.9 Å². The Balaban J connectivity index is 1.90. The highest BCUT2D eigenvalue weighted by atomic mass is 16.1. The molecule has 7 nitrogen and oxygen atoms in total. The fourth-order valence-corrected chi connectivity index (χ4v) is 2.61. The van der Waals surface area contributed by atoms with Crippen LogP contribution >= 0.6 is 0 Å². The molecule has 1 aromatic carbocycles. The number of rotatable bonds is 3. The van der Waals surface area contributed by atoms with Gasteiger partial charge in [0, 0.05) is 18.5 Å². The molecule has 0 fully saturated rings. The third kappa shape index (κ3) is 2.28. The number of anilines is 1. The maximum Gasteiger partial charge on any atom is 0.326 e. The molecule has 0 aliphatic carbocycles. The average Bonchev–Trinajstić information content (AvgIpc) is 3.19. The van der Waals surface area contributed by atoms with Crippen LogP contribution in [0.2, 0.25) is 0 Å². The standard InChI is InChI=1S/C16H14N6O/c17-15-14-12(9-13(19-15)22-8-4-7-18-22)21(16(23)20-14)10-11-5-2-1-3-6-11/h1-9H,10H2,(H2,17,19)(H,20,23). The second kappa shape index (κ2) is 5.13. The number of hydrogen-bond donors (Lipinski definition) is 2. The Kier molecular flexibility index (Phi) is 2.97. The van der Waals surface area contributed by atoms with E-state index in [0.717, 1.165) is 5.56 Å². The summed E-state index contributed by atoms with van der Waals surface area (Å²) >= 11 is 0. The second-order valence-electron chi connectivity index (χ2n) is 5.21. The predicted octanol–water partition coefficient (Wildman–Crippen LogP) is 1.54. The summed E-state index contributed by atoms with van der Waals surface area (Å²) in [6.07, 6.45) is 3.44. The van der Waals surface area contributed by atoms with Crippen molar-refractivity contribution in [3.05, 3.63) is 70.9 Å². The molecule has 0 spiro atoms. The van der Waals surface area contributed by atoms with E-state index < -0.39 is 0 Å². The van der Waals surface area contributed by atoms with Crippen LogP contribution < -0.4 is 11.4 Å². The maximum atomic E-state index is 12.3. The topological polar surface area (TPSA) is 94.5 Å². The van der Waals surface area contributed by atoms with Crippen molar-refractivity contribution in [3.63, 3.8) is 0 Å². The summed E-state index contributed by atoms with van der Waals surface area (Å²) in [6.45, 7) is 0.460. The number of nitrogens with zero attached hydrogens (tertiary/aromatic N) is 4. The zero-order valence-corrected chi connectivity index (χ0v) is 12.2. The molecule has 0 bridgehead atoms. The van der Waals surface area contributed by atoms with Crippen molar-refractivity contribution in [1.82, 2.24) is 24.3 Å². The summed E-state index contributed by atoms with van der Waals surface area (Å²) in [7, 11) is 0. The number of H-pyrrole nitrogens is 1. The van der Waals surface area contributed by atoms with Crippen molar-refractivity contribution in [2.24, 2.45) is 0 Å². The Hall–Kier alpha value is -3.35. The molecule has 7 heteroatoms. The van der Waals surface area contributed by atoms with Crippen LogP contribution in [-0.2, 0) is 6.54 Å². The predicted molar refractivity (Wildman–Crippen MR) is 87.4 cm³/mol. The van der Waals surface area contributed by atoms with Gasteiger partial charge in [0.2, 0.25) is 0 Å². The third-order valence-electron chi connectivity index (χ3n) is 3.70. The van der Waals surface area contributed by atoms with E-state index in [9.17, 15) is 4.79 Å². The van der Waals surface area contributed by atoms with Gasteiger partial charge in [0.25, 0.3) is 0 Å². The van der Waals surface area contributed by atoms with E-state index in [2.05, 4.69) is 15.1 Å². The SMILES string of the molecule is Nc1nc(-n2cccn2)cc2c1[nH]c(=O)n2Cc1ccccc1. The molecular formula is C16H14N6O. The van der Waals surface area contributed by atoms with Gasteiger partial charge in [-0.05, 0) is 11.6 Å². The smallest absolute Gasteiger partial charge is 0.326 e. The van der Waals surface area contributed by atoms with Crippen molar-refractivity contribution in [1.29, 1.82) is 0 Å². The fraction of sp³-hybridized carbons (Fsp3) is 0.0625. The van der Waals surface area contributed by atoms with E-state index in [0.29, 0.717) is 23.4 Å². The molecule has 114 valence electrons. The van der Waals surface area contributed by atoms with Gasteiger partial charge >= 0.3 is 5.69 Å². The molecule has 0 aliphatic heterocycles. The van der Waals surface area contributed by atoms with Crippen LogP contribution in [0.15, 0.2) is 59.7 Å². The minimum Gasteiger partial charge on any atom is -0.382 e. The van der Waals surface area contributed by atoms with Gasteiger partial charge in [-0.1, -0.05) is 30.3 Å². The lowest BCUT2D eigenvalue weighted by atomic mass is 10.2. The maximum absolute atomic E-state index is 12.3. The quantitative estimate of drug-likeness (QED) is 0.600. The molecule has 0 saturated carbocycles. The highest BCUT2D eigenvalue weighted by Gasteiger charge is 2.13. The van der Waals surface area contributed by atoms with Crippen LogP contribution in [-0.4, -0.2) is 24.3 Å². The molecule has 3 N–H and O–H groups in total. The van der Waals surface area contributed by atoms with Gasteiger partial charge in [0.05, 0.1) is 12.1 Å². The van der Waals surface area contributed by atoms with Crippen LogP contribution in [0.5, 0.6) is 0 Å². The summed E-state index contributed by atoms with van der Waals surface area (Å²) in [5, 5.41) is 4.16. The van der Waals surface area contributed by atoms with Crippen LogP contribution in [0.25, 0.3) is 16.9 Å². The number of hydrogen-bond acceptors (Lipinski definition) is 4. The largest absolute Gasteiger partial charge is 0.382 e. The number of fused-ring (bicyclic) bond motifs is 1. The van der Waals surface area contributed by atoms with Crippen molar-refractivity contribution in [2.45, 2.75) is 6.54 Å². The first kappa shape index (κ1) is 13.3. The van der Waals surface area contributed by atoms with Gasteiger partial charge in [0.15, 0.2) is 11.6 Å². The molecule has 0 aliphatic rings. The minimum atomic E-state index is -0.213. The van der Waals surface area contributed by atoms with Gasteiger partial charge in [-0.3, -0.25) is 4.57 Å². The summed E-state index contributed by atoms with van der Waals surface area (Å²) in [4.78, 5) is 19.4. The number of nitrogens with two attached hydrogens (primary N) is 1. The highest BCUT2D eigenvalue weighted by Crippen LogP contribution is 2.20. The first-order chi connectivity index (χ1) is 11.2. The summed E-state index contributed by atoms with van der Waals surface area (Å²) in [5.74, 6) is 0.845. The number of pyridine rings is 1. The molecule has 23 heavy (non-hydrogen) atoms. The molecule has 0 amide bonds. The molecule has 3 heterocycles. The lowest BCUT2D eigenvalue weighted by Gasteiger charge is -2.06. The van der Waals surface area contributed by atoms with Gasteiger partial charge in [-0.25, -0.2) is 14.5 Å². The average molecular weight is 306 g/mol. The van der Waals surface area contributed by atoms with E-state index >= 15 is 0 Å². The van der Waals surface area contributed by atoms with E-state index in [4.69, 9.17) is 5.73 Å². The Labute approximate surface area is 131 Å². The van der Waals surface area contributed by atoms with Gasteiger partial charge in [0.1, 0.15) is 5.52 Å². The summed E-state index contributed by atoms with van der Waals surface area (Å²) < 4.78 is 3.26. The van der Waals surface area contributed by atoms with Crippen molar-refractivity contribution in [2.75, 3.05) is 5.73 Å². The number of nitrogens with one attached hydrogen (secondary N) is 1. The molecule has 0 atom stereocenters. The zero-order valence-electron chi connectivity index (χ0n) is 12.2. The molecular weight excluding hydrogens is 292 g/mol. The van der Waals surface area contributed by atoms with Gasteiger partial charge < -0.3 is 10.7 Å². The van der Waals surface area contributed by atoms with Crippen LogP contribution in [0.1, 0.15) is 5.56 Å². The number of benzene rings is 1. The normalized spacial score (nSPS) is 11.1. The lowest BCUT2D eigenvalue weighted by Crippen LogP contribution is -2.17. The van der Waals surface area contributed by atoms with Crippen LogP contribution in [0.3, 0.4) is 0 Å². The molecule has 3 aromatic heterocycles. The Bertz CT molecular complexity index is 1010. The number of aromatic nitrogens is 5. The van der Waals surface area contributed by atoms with E-state index in [1.807, 2.05) is 30.3 Å². The van der Waals surface area contributed by atoms with E-state index in [1.165, 1.54) is 0 Å². The fourth-order valence-electron chi connectivity index (χ4n) is 2.61. The summed E-state index contributed by atoms with van der Waals surface area (Å²) in [6, 6.07) is 13.4. The van der Waals surface area contributed by atoms with E-state index in [-0.39, 0.29) is 11.5 Å². The second-order valence-corrected chi connectivity index (χ2v) is 5.21. The number of nitrogen functional groups attached to an aromatic ring is 1. The number of aromatic amines is 1. The molecule has 0 radical (unpaired) electrons. The van der Waals surface area contributed by atoms with Crippen molar-refractivity contribution in [3.8, 4) is 5.82 Å². The first-order valence-electron chi connectivity index (χ1n) is 7.15. The lowest BCUT2D eigenvalue weighted by molar-refractivity contribution is 0.785. The first-order valence-corrected chi connectivity index (χ1v) is 7.15.